The maximum atomic E-state index is 11.3. The van der Waals surface area contributed by atoms with Gasteiger partial charge in [-0.1, -0.05) is 28.1 Å². The van der Waals surface area contributed by atoms with Crippen LogP contribution in [0.5, 0.6) is 0 Å². The molecule has 0 bridgehead atoms. The van der Waals surface area contributed by atoms with Gasteiger partial charge in [-0.15, -0.1) is 0 Å². The summed E-state index contributed by atoms with van der Waals surface area (Å²) < 4.78 is 5.75. The van der Waals surface area contributed by atoms with Gasteiger partial charge in [0.2, 0.25) is 0 Å². The summed E-state index contributed by atoms with van der Waals surface area (Å²) in [6.07, 6.45) is 0.376. The number of benzene rings is 1. The molecule has 0 radical (unpaired) electrons. The van der Waals surface area contributed by atoms with E-state index in [-0.39, 0.29) is 11.5 Å². The van der Waals surface area contributed by atoms with E-state index in [1.165, 1.54) is 12.7 Å². The average molecular weight is 343 g/mol. The number of carbonyl (C=O) groups is 1. The maximum absolute atomic E-state index is 11.3. The van der Waals surface area contributed by atoms with Gasteiger partial charge in [0, 0.05) is 29.6 Å². The first kappa shape index (κ1) is 17.1. The second-order valence-corrected chi connectivity index (χ2v) is 6.57. The largest absolute Gasteiger partial charge is 0.469 e. The molecule has 1 aromatic carbocycles. The molecule has 0 saturated carbocycles. The first-order chi connectivity index (χ1) is 9.30. The van der Waals surface area contributed by atoms with Crippen LogP contribution in [0.15, 0.2) is 28.7 Å². The van der Waals surface area contributed by atoms with Crippen molar-refractivity contribution < 1.29 is 9.53 Å². The van der Waals surface area contributed by atoms with Crippen molar-refractivity contribution >= 4 is 21.9 Å². The third kappa shape index (κ3) is 7.03. The van der Waals surface area contributed by atoms with Crippen molar-refractivity contribution in [1.82, 2.24) is 4.90 Å². The SMILES string of the molecule is COC(=O)CCN(Cc1cccc(Br)c1)CC(C)(C)N. The van der Waals surface area contributed by atoms with Crippen LogP contribution in [-0.4, -0.2) is 36.6 Å². The highest BCUT2D eigenvalue weighted by atomic mass is 79.9. The van der Waals surface area contributed by atoms with Crippen molar-refractivity contribution in [1.29, 1.82) is 0 Å². The van der Waals surface area contributed by atoms with Gasteiger partial charge in [-0.05, 0) is 31.5 Å². The van der Waals surface area contributed by atoms with Crippen molar-refractivity contribution in [3.63, 3.8) is 0 Å². The highest BCUT2D eigenvalue weighted by molar-refractivity contribution is 9.10. The average Bonchev–Trinajstić information content (AvgIpc) is 2.33. The van der Waals surface area contributed by atoms with Crippen LogP contribution in [-0.2, 0) is 16.1 Å². The number of halogens is 1. The summed E-state index contributed by atoms with van der Waals surface area (Å²) in [7, 11) is 1.41. The van der Waals surface area contributed by atoms with Crippen LogP contribution in [0.1, 0.15) is 25.8 Å². The molecule has 0 aromatic heterocycles. The smallest absolute Gasteiger partial charge is 0.306 e. The highest BCUT2D eigenvalue weighted by Gasteiger charge is 2.18. The molecule has 0 heterocycles. The van der Waals surface area contributed by atoms with Crippen molar-refractivity contribution in [3.05, 3.63) is 34.3 Å². The molecule has 0 aliphatic heterocycles. The van der Waals surface area contributed by atoms with Gasteiger partial charge in [0.25, 0.3) is 0 Å². The van der Waals surface area contributed by atoms with Gasteiger partial charge in [0.1, 0.15) is 0 Å². The second-order valence-electron chi connectivity index (χ2n) is 5.66. The zero-order valence-corrected chi connectivity index (χ0v) is 13.9. The molecule has 0 amide bonds. The summed E-state index contributed by atoms with van der Waals surface area (Å²) in [4.78, 5) is 13.5. The Bertz CT molecular complexity index is 444. The molecular formula is C15H23BrN2O2. The van der Waals surface area contributed by atoms with Crippen LogP contribution in [0.3, 0.4) is 0 Å². The van der Waals surface area contributed by atoms with E-state index in [9.17, 15) is 4.79 Å². The molecule has 0 spiro atoms. The molecule has 4 nitrogen and oxygen atoms in total. The van der Waals surface area contributed by atoms with Crippen LogP contribution in [0.4, 0.5) is 0 Å². The molecule has 0 fully saturated rings. The van der Waals surface area contributed by atoms with E-state index in [1.54, 1.807) is 0 Å². The number of hydrogen-bond acceptors (Lipinski definition) is 4. The van der Waals surface area contributed by atoms with E-state index in [4.69, 9.17) is 10.5 Å². The van der Waals surface area contributed by atoms with Gasteiger partial charge in [-0.2, -0.15) is 0 Å². The Kier molecular flexibility index (Phi) is 6.65. The van der Waals surface area contributed by atoms with E-state index >= 15 is 0 Å². The van der Waals surface area contributed by atoms with Crippen LogP contribution in [0.2, 0.25) is 0 Å². The van der Waals surface area contributed by atoms with E-state index < -0.39 is 0 Å². The number of methoxy groups -OCH3 is 1. The number of nitrogens with zero attached hydrogens (tertiary/aromatic N) is 1. The fourth-order valence-electron chi connectivity index (χ4n) is 2.04. The first-order valence-corrected chi connectivity index (χ1v) is 7.42. The van der Waals surface area contributed by atoms with Crippen molar-refractivity contribution in [3.8, 4) is 0 Å². The lowest BCUT2D eigenvalue weighted by Gasteiger charge is -2.29. The third-order valence-electron chi connectivity index (χ3n) is 2.79. The molecule has 20 heavy (non-hydrogen) atoms. The summed E-state index contributed by atoms with van der Waals surface area (Å²) >= 11 is 3.47. The molecular weight excluding hydrogens is 320 g/mol. The molecule has 0 aliphatic rings. The Morgan fingerprint density at radius 1 is 1.45 bits per heavy atom. The van der Waals surface area contributed by atoms with E-state index in [2.05, 4.69) is 33.0 Å². The predicted octanol–water partition coefficient (Wildman–Crippen LogP) is 2.55. The lowest BCUT2D eigenvalue weighted by atomic mass is 10.1. The summed E-state index contributed by atoms with van der Waals surface area (Å²) in [6.45, 7) is 6.09. The third-order valence-corrected chi connectivity index (χ3v) is 3.28. The van der Waals surface area contributed by atoms with Gasteiger partial charge < -0.3 is 10.5 Å². The number of esters is 1. The van der Waals surface area contributed by atoms with Gasteiger partial charge >= 0.3 is 5.97 Å². The van der Waals surface area contributed by atoms with Crippen molar-refractivity contribution in [2.24, 2.45) is 5.73 Å². The van der Waals surface area contributed by atoms with Gasteiger partial charge in [0.15, 0.2) is 0 Å². The first-order valence-electron chi connectivity index (χ1n) is 6.62. The highest BCUT2D eigenvalue weighted by Crippen LogP contribution is 2.15. The van der Waals surface area contributed by atoms with E-state index in [0.717, 1.165) is 17.6 Å². The normalized spacial score (nSPS) is 11.7. The molecule has 2 N–H and O–H groups in total. The lowest BCUT2D eigenvalue weighted by molar-refractivity contribution is -0.141. The van der Waals surface area contributed by atoms with Crippen LogP contribution in [0, 0.1) is 0 Å². The van der Waals surface area contributed by atoms with Crippen molar-refractivity contribution in [2.75, 3.05) is 20.2 Å². The fraction of sp³-hybridized carbons (Fsp3) is 0.533. The molecule has 112 valence electrons. The van der Waals surface area contributed by atoms with Crippen LogP contribution >= 0.6 is 15.9 Å². The minimum Gasteiger partial charge on any atom is -0.469 e. The summed E-state index contributed by atoms with van der Waals surface area (Å²) in [5, 5.41) is 0. The Hall–Kier alpha value is -0.910. The topological polar surface area (TPSA) is 55.6 Å². The predicted molar refractivity (Wildman–Crippen MR) is 84.3 cm³/mol. The molecule has 1 aromatic rings. The molecule has 0 saturated heterocycles. The van der Waals surface area contributed by atoms with Gasteiger partial charge in [-0.25, -0.2) is 0 Å². The molecule has 1 rings (SSSR count). The minimum absolute atomic E-state index is 0.195. The summed E-state index contributed by atoms with van der Waals surface area (Å²) in [5.74, 6) is -0.195. The number of rotatable bonds is 7. The number of hydrogen-bond donors (Lipinski definition) is 1. The van der Waals surface area contributed by atoms with Crippen molar-refractivity contribution in [2.45, 2.75) is 32.4 Å². The molecule has 0 atom stereocenters. The minimum atomic E-state index is -0.303. The molecule has 0 aliphatic carbocycles. The molecule has 5 heteroatoms. The monoisotopic (exact) mass is 342 g/mol. The zero-order valence-electron chi connectivity index (χ0n) is 12.4. The lowest BCUT2D eigenvalue weighted by Crippen LogP contribution is -2.45. The van der Waals surface area contributed by atoms with E-state index in [1.807, 2.05) is 26.0 Å². The molecule has 0 unspecified atom stereocenters. The van der Waals surface area contributed by atoms with Crippen LogP contribution in [0.25, 0.3) is 0 Å². The van der Waals surface area contributed by atoms with E-state index in [0.29, 0.717) is 13.0 Å². The Balaban J connectivity index is 2.69. The Morgan fingerprint density at radius 3 is 2.70 bits per heavy atom. The summed E-state index contributed by atoms with van der Waals surface area (Å²) in [6, 6.07) is 8.15. The fourth-order valence-corrected chi connectivity index (χ4v) is 2.48. The standard InChI is InChI=1S/C15H23BrN2O2/c1-15(2,17)11-18(8-7-14(19)20-3)10-12-5-4-6-13(16)9-12/h4-6,9H,7-8,10-11,17H2,1-3H3. The second kappa shape index (κ2) is 7.76. The Morgan fingerprint density at radius 2 is 2.15 bits per heavy atom. The summed E-state index contributed by atoms with van der Waals surface area (Å²) in [5.41, 5.74) is 6.98. The van der Waals surface area contributed by atoms with Crippen LogP contribution < -0.4 is 5.73 Å². The maximum Gasteiger partial charge on any atom is 0.306 e. The van der Waals surface area contributed by atoms with Gasteiger partial charge in [-0.3, -0.25) is 9.69 Å². The number of nitrogens with two attached hydrogens (primary N) is 1. The zero-order chi connectivity index (χ0) is 15.2. The number of carbonyl (C=O) groups excluding carboxylic acids is 1. The van der Waals surface area contributed by atoms with Gasteiger partial charge in [0.05, 0.1) is 13.5 Å². The quantitative estimate of drug-likeness (QED) is 0.773. The number of ether oxygens (including phenoxy) is 1. The Labute approximate surface area is 129 Å².